The average molecular weight is 375 g/mol. The van der Waals surface area contributed by atoms with Crippen molar-refractivity contribution in [3.05, 3.63) is 24.4 Å². The van der Waals surface area contributed by atoms with E-state index in [0.29, 0.717) is 0 Å². The second-order valence-electron chi connectivity index (χ2n) is 7.50. The van der Waals surface area contributed by atoms with Gasteiger partial charge in [0.25, 0.3) is 0 Å². The van der Waals surface area contributed by atoms with Crippen LogP contribution < -0.4 is 15.5 Å². The van der Waals surface area contributed by atoms with Crippen LogP contribution in [0.5, 0.6) is 0 Å². The predicted molar refractivity (Wildman–Crippen MR) is 109 cm³/mol. The van der Waals surface area contributed by atoms with Gasteiger partial charge in [-0.05, 0) is 44.5 Å². The standard InChI is InChI=1S/C20H34N6O/c1-2-24-13-15-25(16-14-24)11-6-5-10-22-20(27)23-18-8-12-26(17-18)19-7-3-4-9-21-19/h3-4,7,9,18H,2,5-6,8,10-17H2,1H3,(H2,22,23,27). The van der Waals surface area contributed by atoms with Crippen LogP contribution in [0.25, 0.3) is 0 Å². The first-order valence-corrected chi connectivity index (χ1v) is 10.4. The summed E-state index contributed by atoms with van der Waals surface area (Å²) in [5.74, 6) is 0.988. The Hall–Kier alpha value is -1.86. The highest BCUT2D eigenvalue weighted by Crippen LogP contribution is 2.17. The van der Waals surface area contributed by atoms with Crippen LogP contribution in [-0.4, -0.2) is 85.8 Å². The zero-order chi connectivity index (χ0) is 18.9. The summed E-state index contributed by atoms with van der Waals surface area (Å²) in [6.45, 7) is 11.8. The third kappa shape index (κ3) is 6.36. The molecule has 0 radical (unpaired) electrons. The van der Waals surface area contributed by atoms with Gasteiger partial charge in [-0.3, -0.25) is 0 Å². The normalized spacial score (nSPS) is 21.4. The lowest BCUT2D eigenvalue weighted by molar-refractivity contribution is 0.135. The number of hydrogen-bond acceptors (Lipinski definition) is 5. The summed E-state index contributed by atoms with van der Waals surface area (Å²) in [4.78, 5) is 23.8. The van der Waals surface area contributed by atoms with Gasteiger partial charge in [-0.1, -0.05) is 13.0 Å². The molecule has 2 aliphatic rings. The van der Waals surface area contributed by atoms with E-state index >= 15 is 0 Å². The summed E-state index contributed by atoms with van der Waals surface area (Å²) in [6.07, 6.45) is 4.95. The van der Waals surface area contributed by atoms with Crippen molar-refractivity contribution in [3.63, 3.8) is 0 Å². The van der Waals surface area contributed by atoms with Gasteiger partial charge in [0.2, 0.25) is 0 Å². The van der Waals surface area contributed by atoms with E-state index in [-0.39, 0.29) is 12.1 Å². The molecule has 0 aromatic carbocycles. The monoisotopic (exact) mass is 374 g/mol. The highest BCUT2D eigenvalue weighted by molar-refractivity contribution is 5.74. The summed E-state index contributed by atoms with van der Waals surface area (Å²) < 4.78 is 0. The minimum Gasteiger partial charge on any atom is -0.354 e. The first-order chi connectivity index (χ1) is 13.2. The highest BCUT2D eigenvalue weighted by atomic mass is 16.2. The van der Waals surface area contributed by atoms with E-state index in [1.54, 1.807) is 0 Å². The number of likely N-dealkylation sites (N-methyl/N-ethyl adjacent to an activating group) is 1. The van der Waals surface area contributed by atoms with Crippen molar-refractivity contribution in [2.24, 2.45) is 0 Å². The Kier molecular flexibility index (Phi) is 7.71. The molecule has 150 valence electrons. The molecule has 3 rings (SSSR count). The maximum Gasteiger partial charge on any atom is 0.315 e. The number of nitrogens with one attached hydrogen (secondary N) is 2. The lowest BCUT2D eigenvalue weighted by Crippen LogP contribution is -2.46. The second kappa shape index (κ2) is 10.5. The van der Waals surface area contributed by atoms with E-state index in [2.05, 4.69) is 37.2 Å². The van der Waals surface area contributed by atoms with Gasteiger partial charge in [0.15, 0.2) is 0 Å². The van der Waals surface area contributed by atoms with E-state index in [9.17, 15) is 4.79 Å². The number of urea groups is 1. The molecule has 1 aromatic rings. The van der Waals surface area contributed by atoms with Gasteiger partial charge in [-0.2, -0.15) is 0 Å². The van der Waals surface area contributed by atoms with Gasteiger partial charge >= 0.3 is 6.03 Å². The molecular weight excluding hydrogens is 340 g/mol. The lowest BCUT2D eigenvalue weighted by atomic mass is 10.2. The quantitative estimate of drug-likeness (QED) is 0.673. The molecule has 1 aromatic heterocycles. The van der Waals surface area contributed by atoms with Crippen molar-refractivity contribution < 1.29 is 4.79 Å². The van der Waals surface area contributed by atoms with Gasteiger partial charge < -0.3 is 25.3 Å². The van der Waals surface area contributed by atoms with E-state index in [0.717, 1.165) is 57.8 Å². The van der Waals surface area contributed by atoms with Crippen LogP contribution in [0.15, 0.2) is 24.4 Å². The molecule has 3 heterocycles. The van der Waals surface area contributed by atoms with Crippen LogP contribution in [0.1, 0.15) is 26.2 Å². The molecule has 0 aliphatic carbocycles. The molecule has 0 bridgehead atoms. The van der Waals surface area contributed by atoms with Crippen molar-refractivity contribution in [1.82, 2.24) is 25.4 Å². The van der Waals surface area contributed by atoms with Crippen LogP contribution in [0.4, 0.5) is 10.6 Å². The summed E-state index contributed by atoms with van der Waals surface area (Å²) in [7, 11) is 0. The Morgan fingerprint density at radius 2 is 1.96 bits per heavy atom. The van der Waals surface area contributed by atoms with Gasteiger partial charge in [0, 0.05) is 58.1 Å². The minimum absolute atomic E-state index is 0.0422. The van der Waals surface area contributed by atoms with Gasteiger partial charge in [0.05, 0.1) is 0 Å². The number of amides is 2. The molecule has 0 spiro atoms. The van der Waals surface area contributed by atoms with Gasteiger partial charge in [0.1, 0.15) is 5.82 Å². The number of hydrogen-bond donors (Lipinski definition) is 2. The molecule has 2 aliphatic heterocycles. The fourth-order valence-corrected chi connectivity index (χ4v) is 3.85. The van der Waals surface area contributed by atoms with E-state index < -0.39 is 0 Å². The summed E-state index contributed by atoms with van der Waals surface area (Å²) in [5, 5.41) is 6.10. The molecule has 1 atom stereocenters. The van der Waals surface area contributed by atoms with E-state index in [4.69, 9.17) is 0 Å². The SMILES string of the molecule is CCN1CCN(CCCCNC(=O)NC2CCN(c3ccccn3)C2)CC1. The van der Waals surface area contributed by atoms with Crippen molar-refractivity contribution in [3.8, 4) is 0 Å². The molecule has 2 fully saturated rings. The molecule has 7 heteroatoms. The minimum atomic E-state index is -0.0422. The summed E-state index contributed by atoms with van der Waals surface area (Å²) in [6, 6.07) is 6.10. The molecule has 2 saturated heterocycles. The van der Waals surface area contributed by atoms with E-state index in [1.807, 2.05) is 24.4 Å². The number of nitrogens with zero attached hydrogens (tertiary/aromatic N) is 4. The Bertz CT molecular complexity index is 561. The van der Waals surface area contributed by atoms with Crippen molar-refractivity contribution in [1.29, 1.82) is 0 Å². The topological polar surface area (TPSA) is 63.7 Å². The van der Waals surface area contributed by atoms with Crippen LogP contribution in [0.2, 0.25) is 0 Å². The van der Waals surface area contributed by atoms with Crippen LogP contribution in [0, 0.1) is 0 Å². The Morgan fingerprint density at radius 3 is 2.70 bits per heavy atom. The number of anilines is 1. The Morgan fingerprint density at radius 1 is 1.15 bits per heavy atom. The number of unbranched alkanes of at least 4 members (excludes halogenated alkanes) is 1. The maximum atomic E-state index is 12.1. The predicted octanol–water partition coefficient (Wildman–Crippen LogP) is 1.38. The third-order valence-electron chi connectivity index (χ3n) is 5.60. The summed E-state index contributed by atoms with van der Waals surface area (Å²) in [5.41, 5.74) is 0. The van der Waals surface area contributed by atoms with Gasteiger partial charge in [-0.25, -0.2) is 9.78 Å². The zero-order valence-electron chi connectivity index (χ0n) is 16.6. The molecule has 2 amide bonds. The molecule has 7 nitrogen and oxygen atoms in total. The maximum absolute atomic E-state index is 12.1. The number of carbonyl (C=O) groups is 1. The summed E-state index contributed by atoms with van der Waals surface area (Å²) >= 11 is 0. The number of carbonyl (C=O) groups excluding carboxylic acids is 1. The van der Waals surface area contributed by atoms with Crippen molar-refractivity contribution in [2.75, 3.05) is 63.8 Å². The smallest absolute Gasteiger partial charge is 0.315 e. The Balaban J connectivity index is 1.23. The molecule has 2 N–H and O–H groups in total. The largest absolute Gasteiger partial charge is 0.354 e. The van der Waals surface area contributed by atoms with Crippen LogP contribution in [0.3, 0.4) is 0 Å². The first-order valence-electron chi connectivity index (χ1n) is 10.4. The second-order valence-corrected chi connectivity index (χ2v) is 7.50. The molecule has 0 saturated carbocycles. The number of aromatic nitrogens is 1. The van der Waals surface area contributed by atoms with Crippen LogP contribution >= 0.6 is 0 Å². The molecular formula is C20H34N6O. The average Bonchev–Trinajstić information content (AvgIpc) is 3.17. The number of pyridine rings is 1. The fraction of sp³-hybridized carbons (Fsp3) is 0.700. The highest BCUT2D eigenvalue weighted by Gasteiger charge is 2.24. The van der Waals surface area contributed by atoms with Gasteiger partial charge in [-0.15, -0.1) is 0 Å². The molecule has 1 unspecified atom stereocenters. The fourth-order valence-electron chi connectivity index (χ4n) is 3.85. The third-order valence-corrected chi connectivity index (χ3v) is 5.60. The van der Waals surface area contributed by atoms with Crippen molar-refractivity contribution in [2.45, 2.75) is 32.2 Å². The van der Waals surface area contributed by atoms with Crippen molar-refractivity contribution >= 4 is 11.8 Å². The van der Waals surface area contributed by atoms with E-state index in [1.165, 1.54) is 26.2 Å². The lowest BCUT2D eigenvalue weighted by Gasteiger charge is -2.33. The van der Waals surface area contributed by atoms with Crippen LogP contribution in [-0.2, 0) is 0 Å². The number of rotatable bonds is 8. The zero-order valence-corrected chi connectivity index (χ0v) is 16.6. The Labute approximate surface area is 163 Å². The first kappa shape index (κ1) is 19.9. The number of piperazine rings is 1. The molecule has 27 heavy (non-hydrogen) atoms.